The molecule has 0 amide bonds. The summed E-state index contributed by atoms with van der Waals surface area (Å²) in [6.45, 7) is 3.92. The maximum atomic E-state index is 12.7. The summed E-state index contributed by atoms with van der Waals surface area (Å²) in [6, 6.07) is 0. The van der Waals surface area contributed by atoms with Gasteiger partial charge in [-0.05, 0) is 64.2 Å². The number of hydrogen-bond donors (Lipinski definition) is 1. The van der Waals surface area contributed by atoms with E-state index in [1.165, 1.54) is 19.3 Å². The third-order valence-corrected chi connectivity index (χ3v) is 9.59. The normalized spacial score (nSPS) is 14.8. The number of aliphatic hydroxyl groups is 1. The first-order chi connectivity index (χ1) is 26.4. The summed E-state index contributed by atoms with van der Waals surface area (Å²) in [5.74, 6) is -0.933. The Morgan fingerprint density at radius 3 is 1.93 bits per heavy atom. The minimum atomic E-state index is -4.65. The molecule has 0 aliphatic carbocycles. The number of quaternary nitrogens is 1. The smallest absolute Gasteiger partial charge is 0.306 e. The number of hydrogen-bond acceptors (Lipinski definition) is 9. The van der Waals surface area contributed by atoms with Crippen molar-refractivity contribution in [3.8, 4) is 0 Å². The fourth-order valence-electron chi connectivity index (χ4n) is 5.28. The van der Waals surface area contributed by atoms with Crippen molar-refractivity contribution in [2.24, 2.45) is 0 Å². The maximum Gasteiger partial charge on any atom is 0.306 e. The van der Waals surface area contributed by atoms with E-state index >= 15 is 0 Å². The summed E-state index contributed by atoms with van der Waals surface area (Å²) in [5.41, 5.74) is 0. The van der Waals surface area contributed by atoms with Crippen molar-refractivity contribution in [3.05, 3.63) is 60.8 Å². The standard InChI is InChI=1S/C44H78NO9P/c1-6-8-10-12-14-15-16-17-18-19-20-21-23-27-32-36-44(48)54-42(40-53-55(49,50)52-38-37-45(3,4)5)39-51-43(47)35-31-28-24-26-30-34-41(46)33-29-25-22-13-11-9-7-2/h9,11,14-15,17-18,22,25,29,33,41-42,46H,6-8,10,12-13,16,19-21,23-24,26-28,30-32,34-40H2,1-5H3/b11-9+,15-14-,18-17-,25-22+,33-29+/t41?,42-/m1/s1. The highest BCUT2D eigenvalue weighted by Gasteiger charge is 2.21. The van der Waals surface area contributed by atoms with Crippen LogP contribution in [0.2, 0.25) is 0 Å². The molecule has 0 bridgehead atoms. The van der Waals surface area contributed by atoms with E-state index in [4.69, 9.17) is 18.5 Å². The summed E-state index contributed by atoms with van der Waals surface area (Å²) < 4.78 is 33.8. The van der Waals surface area contributed by atoms with Gasteiger partial charge in [0.15, 0.2) is 6.10 Å². The van der Waals surface area contributed by atoms with Crippen LogP contribution in [0.25, 0.3) is 0 Å². The van der Waals surface area contributed by atoms with Gasteiger partial charge in [-0.15, -0.1) is 0 Å². The predicted molar refractivity (Wildman–Crippen MR) is 223 cm³/mol. The zero-order valence-electron chi connectivity index (χ0n) is 35.2. The zero-order chi connectivity index (χ0) is 40.9. The highest BCUT2D eigenvalue weighted by Crippen LogP contribution is 2.38. The van der Waals surface area contributed by atoms with E-state index in [1.54, 1.807) is 6.08 Å². The van der Waals surface area contributed by atoms with Crippen LogP contribution < -0.4 is 4.89 Å². The average molecular weight is 796 g/mol. The molecule has 0 saturated carbocycles. The topological polar surface area (TPSA) is 131 Å². The number of carbonyl (C=O) groups is 2. The van der Waals surface area contributed by atoms with E-state index in [2.05, 4.69) is 56.4 Å². The van der Waals surface area contributed by atoms with Gasteiger partial charge in [-0.2, -0.15) is 0 Å². The molecule has 0 fully saturated rings. The van der Waals surface area contributed by atoms with Crippen LogP contribution >= 0.6 is 7.82 Å². The van der Waals surface area contributed by atoms with Gasteiger partial charge in [0.25, 0.3) is 7.82 Å². The van der Waals surface area contributed by atoms with E-state index in [0.29, 0.717) is 30.3 Å². The van der Waals surface area contributed by atoms with Crippen LogP contribution in [0.15, 0.2) is 60.8 Å². The van der Waals surface area contributed by atoms with Gasteiger partial charge in [0, 0.05) is 12.8 Å². The molecule has 0 spiro atoms. The molecule has 0 saturated heterocycles. The number of nitrogens with zero attached hydrogens (tertiary/aromatic N) is 1. The zero-order valence-corrected chi connectivity index (χ0v) is 36.1. The highest BCUT2D eigenvalue weighted by atomic mass is 31.2. The number of phosphoric ester groups is 1. The number of allylic oxidation sites excluding steroid dienone is 9. The van der Waals surface area contributed by atoms with Gasteiger partial charge in [-0.25, -0.2) is 0 Å². The molecule has 0 aliphatic heterocycles. The molecular formula is C44H78NO9P. The first-order valence-corrected chi connectivity index (χ1v) is 22.6. The molecular weight excluding hydrogens is 717 g/mol. The van der Waals surface area contributed by atoms with Crippen LogP contribution in [-0.2, 0) is 32.7 Å². The molecule has 318 valence electrons. The van der Waals surface area contributed by atoms with Crippen molar-refractivity contribution >= 4 is 19.8 Å². The Morgan fingerprint density at radius 2 is 1.27 bits per heavy atom. The van der Waals surface area contributed by atoms with Crippen LogP contribution in [0.3, 0.4) is 0 Å². The number of ether oxygens (including phenoxy) is 2. The number of unbranched alkanes of at least 4 members (excludes halogenated alkanes) is 12. The highest BCUT2D eigenvalue weighted by molar-refractivity contribution is 7.45. The fraction of sp³-hybridized carbons (Fsp3) is 0.727. The van der Waals surface area contributed by atoms with Crippen LogP contribution in [0, 0.1) is 0 Å². The van der Waals surface area contributed by atoms with Crippen LogP contribution in [0.4, 0.5) is 0 Å². The van der Waals surface area contributed by atoms with Gasteiger partial charge in [0.1, 0.15) is 19.8 Å². The number of rotatable bonds is 37. The van der Waals surface area contributed by atoms with Crippen molar-refractivity contribution in [2.75, 3.05) is 47.5 Å². The lowest BCUT2D eigenvalue weighted by molar-refractivity contribution is -0.870. The largest absolute Gasteiger partial charge is 0.756 e. The molecule has 0 heterocycles. The Hall–Kier alpha value is -2.33. The molecule has 1 N–H and O–H groups in total. The first kappa shape index (κ1) is 52.7. The molecule has 2 unspecified atom stereocenters. The van der Waals surface area contributed by atoms with Crippen LogP contribution in [-0.4, -0.2) is 81.2 Å². The number of carbonyl (C=O) groups excluding carboxylic acids is 2. The SMILES string of the molecule is CC/C=C/C/C=C/C=C/C(O)CCCCCCCC(=O)OC[C@H](COP(=O)([O-])OCC[N+](C)(C)C)OC(=O)CCCCCCC/C=C\C/C=C\CCCCC. The Morgan fingerprint density at radius 1 is 0.691 bits per heavy atom. The minimum absolute atomic E-state index is 0.0524. The Labute approximate surface area is 335 Å². The van der Waals surface area contributed by atoms with E-state index < -0.39 is 38.6 Å². The summed E-state index contributed by atoms with van der Waals surface area (Å²) in [5, 5.41) is 10.1. The number of aliphatic hydroxyl groups excluding tert-OH is 1. The van der Waals surface area contributed by atoms with Crippen molar-refractivity contribution in [3.63, 3.8) is 0 Å². The van der Waals surface area contributed by atoms with Gasteiger partial charge in [0.2, 0.25) is 0 Å². The molecule has 0 radical (unpaired) electrons. The summed E-state index contributed by atoms with van der Waals surface area (Å²) in [4.78, 5) is 37.5. The van der Waals surface area contributed by atoms with Gasteiger partial charge in [-0.1, -0.05) is 132 Å². The Balaban J connectivity index is 4.51. The van der Waals surface area contributed by atoms with Crippen molar-refractivity contribution in [1.82, 2.24) is 0 Å². The number of phosphoric acid groups is 1. The lowest BCUT2D eigenvalue weighted by Crippen LogP contribution is -2.37. The molecule has 0 aromatic heterocycles. The third-order valence-electron chi connectivity index (χ3n) is 8.63. The van der Waals surface area contributed by atoms with E-state index in [9.17, 15) is 24.2 Å². The van der Waals surface area contributed by atoms with Gasteiger partial charge in [0.05, 0.1) is 33.9 Å². The van der Waals surface area contributed by atoms with E-state index in [-0.39, 0.29) is 26.1 Å². The second-order valence-corrected chi connectivity index (χ2v) is 16.6. The summed E-state index contributed by atoms with van der Waals surface area (Å²) >= 11 is 0. The van der Waals surface area contributed by atoms with Gasteiger partial charge in [-0.3, -0.25) is 14.2 Å². The maximum absolute atomic E-state index is 12.7. The predicted octanol–water partition coefficient (Wildman–Crippen LogP) is 10.0. The molecule has 0 aliphatic rings. The minimum Gasteiger partial charge on any atom is -0.756 e. The van der Waals surface area contributed by atoms with Crippen molar-refractivity contribution < 1.29 is 47.2 Å². The molecule has 10 nitrogen and oxygen atoms in total. The fourth-order valence-corrected chi connectivity index (χ4v) is 6.01. The second-order valence-electron chi connectivity index (χ2n) is 15.2. The number of esters is 2. The molecule has 11 heteroatoms. The quantitative estimate of drug-likeness (QED) is 0.0163. The van der Waals surface area contributed by atoms with Crippen molar-refractivity contribution in [1.29, 1.82) is 0 Å². The first-order valence-electron chi connectivity index (χ1n) is 21.1. The van der Waals surface area contributed by atoms with E-state index in [0.717, 1.165) is 83.5 Å². The molecule has 0 aromatic carbocycles. The molecule has 0 aromatic rings. The Kier molecular flexibility index (Phi) is 34.5. The summed E-state index contributed by atoms with van der Waals surface area (Å²) in [7, 11) is 1.09. The van der Waals surface area contributed by atoms with Gasteiger partial charge < -0.3 is 33.0 Å². The Bertz CT molecular complexity index is 1140. The number of likely N-dealkylation sites (N-methyl/N-ethyl adjacent to an activating group) is 1. The van der Waals surface area contributed by atoms with E-state index in [1.807, 2.05) is 33.3 Å². The van der Waals surface area contributed by atoms with Gasteiger partial charge >= 0.3 is 11.9 Å². The molecule has 3 atom stereocenters. The lowest BCUT2D eigenvalue weighted by Gasteiger charge is -2.28. The average Bonchev–Trinajstić information content (AvgIpc) is 3.12. The summed E-state index contributed by atoms with van der Waals surface area (Å²) in [6.07, 6.45) is 38.4. The second kappa shape index (κ2) is 36.0. The molecule has 0 rings (SSSR count). The van der Waals surface area contributed by atoms with Crippen LogP contribution in [0.5, 0.6) is 0 Å². The van der Waals surface area contributed by atoms with Crippen molar-refractivity contribution in [2.45, 2.75) is 161 Å². The molecule has 55 heavy (non-hydrogen) atoms. The monoisotopic (exact) mass is 796 g/mol. The lowest BCUT2D eigenvalue weighted by atomic mass is 10.1. The van der Waals surface area contributed by atoms with Crippen LogP contribution in [0.1, 0.15) is 149 Å². The third kappa shape index (κ3) is 39.7.